The summed E-state index contributed by atoms with van der Waals surface area (Å²) < 4.78 is 51.1. The Morgan fingerprint density at radius 2 is 1.67 bits per heavy atom. The van der Waals surface area contributed by atoms with Crippen LogP contribution in [-0.4, -0.2) is 44.2 Å². The molecule has 0 saturated carbocycles. The maximum atomic E-state index is 12.8. The fourth-order valence-corrected chi connectivity index (χ4v) is 6.83. The van der Waals surface area contributed by atoms with Crippen LogP contribution in [0, 0.1) is 6.92 Å². The van der Waals surface area contributed by atoms with Crippen molar-refractivity contribution in [1.29, 1.82) is 0 Å². The predicted octanol–water partition coefficient (Wildman–Crippen LogP) is 3.28. The fourth-order valence-electron chi connectivity index (χ4n) is 2.64. The van der Waals surface area contributed by atoms with E-state index in [0.29, 0.717) is 10.6 Å². The van der Waals surface area contributed by atoms with E-state index in [4.69, 9.17) is 23.2 Å². The molecule has 2 rings (SSSR count). The molecule has 1 aromatic rings. The van der Waals surface area contributed by atoms with E-state index in [-0.39, 0.29) is 29.4 Å². The van der Waals surface area contributed by atoms with E-state index in [2.05, 4.69) is 0 Å². The van der Waals surface area contributed by atoms with Gasteiger partial charge in [-0.05, 0) is 51.8 Å². The van der Waals surface area contributed by atoms with Gasteiger partial charge in [0.25, 0.3) is 0 Å². The van der Waals surface area contributed by atoms with Crippen LogP contribution in [0.15, 0.2) is 17.0 Å². The second-order valence-electron chi connectivity index (χ2n) is 6.96. The van der Waals surface area contributed by atoms with Gasteiger partial charge in [0.05, 0.1) is 15.0 Å². The molecule has 9 heteroatoms. The highest BCUT2D eigenvalue weighted by Gasteiger charge is 2.44. The molecular weight excluding hydrogens is 393 g/mol. The Morgan fingerprint density at radius 3 is 2.21 bits per heavy atom. The number of benzene rings is 1. The van der Waals surface area contributed by atoms with Gasteiger partial charge in [0.1, 0.15) is 4.90 Å². The van der Waals surface area contributed by atoms with E-state index < -0.39 is 29.9 Å². The molecule has 1 atom stereocenters. The molecule has 24 heavy (non-hydrogen) atoms. The molecular formula is C15H21Cl2NO4S2. The minimum absolute atomic E-state index is 0.0349. The van der Waals surface area contributed by atoms with Crippen LogP contribution in [-0.2, 0) is 19.9 Å². The van der Waals surface area contributed by atoms with Crippen LogP contribution >= 0.6 is 23.2 Å². The molecule has 5 nitrogen and oxygen atoms in total. The molecule has 0 spiro atoms. The third-order valence-corrected chi connectivity index (χ3v) is 9.94. The van der Waals surface area contributed by atoms with E-state index in [1.807, 2.05) is 0 Å². The first kappa shape index (κ1) is 20.0. The molecule has 0 radical (unpaired) electrons. The first-order chi connectivity index (χ1) is 10.8. The molecule has 0 aromatic heterocycles. The minimum atomic E-state index is -3.87. The number of hydrogen-bond donors (Lipinski definition) is 0. The van der Waals surface area contributed by atoms with Crippen LogP contribution in [0.5, 0.6) is 0 Å². The van der Waals surface area contributed by atoms with E-state index >= 15 is 0 Å². The van der Waals surface area contributed by atoms with Crippen molar-refractivity contribution in [2.75, 3.05) is 13.1 Å². The predicted molar refractivity (Wildman–Crippen MR) is 97.0 cm³/mol. The maximum absolute atomic E-state index is 12.8. The highest BCUT2D eigenvalue weighted by molar-refractivity contribution is 7.93. The Balaban J connectivity index is 2.36. The second kappa shape index (κ2) is 6.43. The summed E-state index contributed by atoms with van der Waals surface area (Å²) >= 11 is 12.0. The van der Waals surface area contributed by atoms with Crippen LogP contribution < -0.4 is 0 Å². The van der Waals surface area contributed by atoms with Crippen LogP contribution in [0.1, 0.15) is 32.8 Å². The number of halogens is 2. The molecule has 0 bridgehead atoms. The molecule has 1 saturated heterocycles. The van der Waals surface area contributed by atoms with Gasteiger partial charge in [0.15, 0.2) is 9.84 Å². The summed E-state index contributed by atoms with van der Waals surface area (Å²) in [6, 6.07) is 2.82. The van der Waals surface area contributed by atoms with Gasteiger partial charge in [0, 0.05) is 18.1 Å². The number of sulfonamides is 1. The summed E-state index contributed by atoms with van der Waals surface area (Å²) in [5.41, 5.74) is 0.595. The Bertz CT molecular complexity index is 858. The third-order valence-electron chi connectivity index (χ3n) is 4.23. The van der Waals surface area contributed by atoms with E-state index in [1.54, 1.807) is 27.7 Å². The molecule has 1 aromatic carbocycles. The van der Waals surface area contributed by atoms with Gasteiger partial charge in [0.2, 0.25) is 10.0 Å². The first-order valence-corrected chi connectivity index (χ1v) is 11.2. The van der Waals surface area contributed by atoms with Crippen LogP contribution in [0.2, 0.25) is 10.0 Å². The molecule has 136 valence electrons. The van der Waals surface area contributed by atoms with Crippen LogP contribution in [0.3, 0.4) is 0 Å². The number of sulfone groups is 1. The van der Waals surface area contributed by atoms with Crippen molar-refractivity contribution in [3.63, 3.8) is 0 Å². The SMILES string of the molecule is Cc1cc(S(=O)(=O)N2CC[C@@H](S(=O)(=O)C(C)(C)C)C2)c(Cl)cc1Cl. The summed E-state index contributed by atoms with van der Waals surface area (Å²) in [6.07, 6.45) is 0.281. The fraction of sp³-hybridized carbons (Fsp3) is 0.600. The molecule has 1 heterocycles. The van der Waals surface area contributed by atoms with E-state index in [0.717, 1.165) is 0 Å². The molecule has 0 aliphatic carbocycles. The lowest BCUT2D eigenvalue weighted by Crippen LogP contribution is -2.39. The van der Waals surface area contributed by atoms with Gasteiger partial charge < -0.3 is 0 Å². The highest BCUT2D eigenvalue weighted by atomic mass is 35.5. The van der Waals surface area contributed by atoms with Gasteiger partial charge >= 0.3 is 0 Å². The molecule has 0 amide bonds. The molecule has 1 fully saturated rings. The van der Waals surface area contributed by atoms with Gasteiger partial charge in [-0.2, -0.15) is 4.31 Å². The molecule has 1 aliphatic rings. The highest BCUT2D eigenvalue weighted by Crippen LogP contribution is 2.34. The molecule has 0 N–H and O–H groups in total. The smallest absolute Gasteiger partial charge is 0.228 e. The Kier molecular flexibility index (Phi) is 5.35. The average Bonchev–Trinajstić information content (AvgIpc) is 2.92. The first-order valence-electron chi connectivity index (χ1n) is 7.47. The summed E-state index contributed by atoms with van der Waals surface area (Å²) in [5, 5.41) is -0.291. The minimum Gasteiger partial charge on any atom is -0.228 e. The monoisotopic (exact) mass is 413 g/mol. The number of rotatable bonds is 3. The Hall–Kier alpha value is -0.340. The zero-order valence-electron chi connectivity index (χ0n) is 14.0. The summed E-state index contributed by atoms with van der Waals surface area (Å²) in [5.74, 6) is 0. The van der Waals surface area contributed by atoms with Crippen molar-refractivity contribution in [2.45, 2.75) is 49.0 Å². The van der Waals surface area contributed by atoms with Crippen molar-refractivity contribution in [3.05, 3.63) is 27.7 Å². The maximum Gasteiger partial charge on any atom is 0.244 e. The molecule has 1 aliphatic heterocycles. The third kappa shape index (κ3) is 3.46. The summed E-state index contributed by atoms with van der Waals surface area (Å²) in [7, 11) is -7.31. The zero-order chi connectivity index (χ0) is 18.5. The summed E-state index contributed by atoms with van der Waals surface area (Å²) in [4.78, 5) is -0.0418. The van der Waals surface area contributed by atoms with Crippen molar-refractivity contribution in [1.82, 2.24) is 4.31 Å². The van der Waals surface area contributed by atoms with Crippen molar-refractivity contribution in [2.24, 2.45) is 0 Å². The topological polar surface area (TPSA) is 71.5 Å². The van der Waals surface area contributed by atoms with Crippen molar-refractivity contribution >= 4 is 43.1 Å². The van der Waals surface area contributed by atoms with Crippen LogP contribution in [0.4, 0.5) is 0 Å². The van der Waals surface area contributed by atoms with Gasteiger partial charge in [-0.1, -0.05) is 23.2 Å². The van der Waals surface area contributed by atoms with Crippen molar-refractivity contribution in [3.8, 4) is 0 Å². The normalized spacial score (nSPS) is 20.5. The summed E-state index contributed by atoms with van der Waals surface area (Å²) in [6.45, 7) is 6.66. The lowest BCUT2D eigenvalue weighted by atomic mass is 10.2. The lowest BCUT2D eigenvalue weighted by Gasteiger charge is -2.24. The lowest BCUT2D eigenvalue weighted by molar-refractivity contribution is 0.475. The number of aryl methyl sites for hydroxylation is 1. The number of hydrogen-bond acceptors (Lipinski definition) is 4. The van der Waals surface area contributed by atoms with Crippen molar-refractivity contribution < 1.29 is 16.8 Å². The van der Waals surface area contributed by atoms with Gasteiger partial charge in [-0.3, -0.25) is 0 Å². The molecule has 0 unspecified atom stereocenters. The van der Waals surface area contributed by atoms with Gasteiger partial charge in [-0.15, -0.1) is 0 Å². The average molecular weight is 414 g/mol. The Labute approximate surface area is 153 Å². The standard InChI is InChI=1S/C15H21Cl2NO4S2/c1-10-7-14(13(17)8-12(10)16)24(21,22)18-6-5-11(9-18)23(19,20)15(2,3)4/h7-8,11H,5-6,9H2,1-4H3/t11-/m1/s1. The van der Waals surface area contributed by atoms with Gasteiger partial charge in [-0.25, -0.2) is 16.8 Å². The van der Waals surface area contributed by atoms with E-state index in [1.165, 1.54) is 16.4 Å². The second-order valence-corrected chi connectivity index (χ2v) is 12.7. The zero-order valence-corrected chi connectivity index (χ0v) is 17.2. The van der Waals surface area contributed by atoms with Crippen LogP contribution in [0.25, 0.3) is 0 Å². The van der Waals surface area contributed by atoms with E-state index in [9.17, 15) is 16.8 Å². The number of nitrogens with zero attached hydrogens (tertiary/aromatic N) is 1. The largest absolute Gasteiger partial charge is 0.244 e. The quantitative estimate of drug-likeness (QED) is 0.761. The Morgan fingerprint density at radius 1 is 1.08 bits per heavy atom.